The van der Waals surface area contributed by atoms with Crippen molar-refractivity contribution in [1.82, 2.24) is 0 Å². The van der Waals surface area contributed by atoms with Crippen LogP contribution >= 0.6 is 11.6 Å². The maximum atomic E-state index is 13.5. The van der Waals surface area contributed by atoms with Gasteiger partial charge in [-0.3, -0.25) is 9.69 Å². The maximum absolute atomic E-state index is 13.5. The minimum Gasteiger partial charge on any atom is -0.497 e. The second-order valence-electron chi connectivity index (χ2n) is 7.12. The van der Waals surface area contributed by atoms with Crippen LogP contribution in [0.25, 0.3) is 6.08 Å². The van der Waals surface area contributed by atoms with Crippen LogP contribution in [0.5, 0.6) is 17.2 Å². The summed E-state index contributed by atoms with van der Waals surface area (Å²) in [5.41, 5.74) is 2.29. The van der Waals surface area contributed by atoms with Gasteiger partial charge in [-0.25, -0.2) is 4.99 Å². The molecule has 0 aliphatic carbocycles. The van der Waals surface area contributed by atoms with Crippen LogP contribution in [0.3, 0.4) is 0 Å². The number of amides is 1. The molecule has 0 N–H and O–H groups in total. The molecular weight excluding hydrogens is 440 g/mol. The Morgan fingerprint density at radius 2 is 1.70 bits per heavy atom. The van der Waals surface area contributed by atoms with Gasteiger partial charge in [0.25, 0.3) is 5.91 Å². The zero-order chi connectivity index (χ0) is 23.4. The first kappa shape index (κ1) is 22.4. The van der Waals surface area contributed by atoms with E-state index >= 15 is 0 Å². The Bertz CT molecular complexity index is 1240. The van der Waals surface area contributed by atoms with Gasteiger partial charge in [0.1, 0.15) is 28.8 Å². The van der Waals surface area contributed by atoms with E-state index in [2.05, 4.69) is 4.99 Å². The Morgan fingerprint density at radius 3 is 2.36 bits per heavy atom. The van der Waals surface area contributed by atoms with Gasteiger partial charge in [-0.15, -0.1) is 0 Å². The first-order chi connectivity index (χ1) is 16.0. The second kappa shape index (κ2) is 9.79. The average molecular weight is 463 g/mol. The summed E-state index contributed by atoms with van der Waals surface area (Å²) in [4.78, 5) is 19.8. The number of amidine groups is 1. The van der Waals surface area contributed by atoms with Crippen molar-refractivity contribution in [3.05, 3.63) is 88.6 Å². The molecule has 0 unspecified atom stereocenters. The van der Waals surface area contributed by atoms with Gasteiger partial charge in [-0.05, 0) is 61.5 Å². The molecule has 0 radical (unpaired) electrons. The second-order valence-corrected chi connectivity index (χ2v) is 7.53. The van der Waals surface area contributed by atoms with Crippen molar-refractivity contribution in [2.24, 2.45) is 4.99 Å². The van der Waals surface area contributed by atoms with Crippen molar-refractivity contribution >= 4 is 35.1 Å². The van der Waals surface area contributed by atoms with E-state index in [-0.39, 0.29) is 11.6 Å². The lowest BCUT2D eigenvalue weighted by Gasteiger charge is -2.19. The fourth-order valence-corrected chi connectivity index (χ4v) is 3.74. The van der Waals surface area contributed by atoms with Gasteiger partial charge >= 0.3 is 0 Å². The number of rotatable bonds is 7. The van der Waals surface area contributed by atoms with Gasteiger partial charge < -0.3 is 14.2 Å². The van der Waals surface area contributed by atoms with E-state index in [4.69, 9.17) is 25.8 Å². The molecule has 1 heterocycles. The Kier molecular flexibility index (Phi) is 6.66. The summed E-state index contributed by atoms with van der Waals surface area (Å²) in [6.07, 6.45) is 1.70. The van der Waals surface area contributed by atoms with E-state index in [1.807, 2.05) is 55.5 Å². The van der Waals surface area contributed by atoms with Crippen molar-refractivity contribution in [2.45, 2.75) is 6.92 Å². The van der Waals surface area contributed by atoms with Crippen molar-refractivity contribution in [3.8, 4) is 17.2 Å². The van der Waals surface area contributed by atoms with E-state index < -0.39 is 0 Å². The van der Waals surface area contributed by atoms with Gasteiger partial charge in [-0.1, -0.05) is 23.7 Å². The van der Waals surface area contributed by atoms with Crippen LogP contribution in [0.1, 0.15) is 18.1 Å². The van der Waals surface area contributed by atoms with Crippen LogP contribution in [0.15, 0.2) is 77.4 Å². The lowest BCUT2D eigenvalue weighted by atomic mass is 10.1. The van der Waals surface area contributed by atoms with Gasteiger partial charge in [0.15, 0.2) is 0 Å². The molecule has 0 bridgehead atoms. The van der Waals surface area contributed by atoms with E-state index in [0.717, 1.165) is 5.75 Å². The zero-order valence-electron chi connectivity index (χ0n) is 18.5. The van der Waals surface area contributed by atoms with Crippen LogP contribution in [0.2, 0.25) is 5.02 Å². The minimum absolute atomic E-state index is 0.266. The summed E-state index contributed by atoms with van der Waals surface area (Å²) in [5.74, 6) is 2.13. The van der Waals surface area contributed by atoms with Crippen molar-refractivity contribution < 1.29 is 19.0 Å². The lowest BCUT2D eigenvalue weighted by molar-refractivity contribution is -0.113. The topological polar surface area (TPSA) is 60.4 Å². The van der Waals surface area contributed by atoms with Crippen molar-refractivity contribution in [1.29, 1.82) is 0 Å². The number of ether oxygens (including phenoxy) is 3. The third-order valence-corrected chi connectivity index (χ3v) is 5.44. The third-order valence-electron chi connectivity index (χ3n) is 5.11. The predicted molar refractivity (Wildman–Crippen MR) is 131 cm³/mol. The molecule has 1 amide bonds. The van der Waals surface area contributed by atoms with Crippen LogP contribution in [-0.4, -0.2) is 32.6 Å². The van der Waals surface area contributed by atoms with E-state index in [0.29, 0.717) is 45.8 Å². The molecule has 3 aromatic carbocycles. The summed E-state index contributed by atoms with van der Waals surface area (Å²) in [5, 5.41) is 0.503. The van der Waals surface area contributed by atoms with Gasteiger partial charge in [0.05, 0.1) is 31.5 Å². The Hall–Kier alpha value is -3.77. The number of hydrogen-bond acceptors (Lipinski definition) is 5. The predicted octanol–water partition coefficient (Wildman–Crippen LogP) is 5.59. The molecule has 3 aromatic rings. The van der Waals surface area contributed by atoms with E-state index in [1.165, 1.54) is 0 Å². The van der Waals surface area contributed by atoms with E-state index in [1.54, 1.807) is 43.4 Å². The molecule has 168 valence electrons. The number of hydrogen-bond donors (Lipinski definition) is 0. The molecule has 0 saturated carbocycles. The molecule has 6 nitrogen and oxygen atoms in total. The monoisotopic (exact) mass is 462 g/mol. The van der Waals surface area contributed by atoms with Gasteiger partial charge in [0, 0.05) is 17.2 Å². The largest absolute Gasteiger partial charge is 0.497 e. The molecule has 1 aliphatic rings. The number of carbonyl (C=O) groups is 1. The number of anilines is 1. The summed E-state index contributed by atoms with van der Waals surface area (Å²) in [6, 6.07) is 20.0. The quantitative estimate of drug-likeness (QED) is 0.429. The van der Waals surface area contributed by atoms with Crippen molar-refractivity contribution in [2.75, 3.05) is 25.7 Å². The molecule has 0 aromatic heterocycles. The first-order valence-electron chi connectivity index (χ1n) is 10.4. The number of benzene rings is 3. The first-order valence-corrected chi connectivity index (χ1v) is 10.8. The average Bonchev–Trinajstić information content (AvgIpc) is 3.16. The highest BCUT2D eigenvalue weighted by atomic mass is 35.5. The molecule has 0 saturated heterocycles. The standard InChI is InChI=1S/C26H23ClN2O4/c1-4-33-19-13-10-18(11-14-19)29-25(21-7-5-6-8-22(21)27)28-23(26(29)30)15-17-9-12-20(31-2)16-24(17)32-3/h5-16H,4H2,1-3H3/b23-15+. The van der Waals surface area contributed by atoms with Gasteiger partial charge in [0.2, 0.25) is 0 Å². The molecule has 7 heteroatoms. The molecule has 1 aliphatic heterocycles. The number of methoxy groups -OCH3 is 2. The highest BCUT2D eigenvalue weighted by Gasteiger charge is 2.33. The van der Waals surface area contributed by atoms with Crippen LogP contribution < -0.4 is 19.1 Å². The molecular formula is C26H23ClN2O4. The minimum atomic E-state index is -0.271. The summed E-state index contributed by atoms with van der Waals surface area (Å²) < 4.78 is 16.3. The molecule has 0 fully saturated rings. The number of aliphatic imine (C=N–C) groups is 1. The fraction of sp³-hybridized carbons (Fsp3) is 0.154. The number of carbonyl (C=O) groups excluding carboxylic acids is 1. The highest BCUT2D eigenvalue weighted by molar-refractivity contribution is 6.39. The zero-order valence-corrected chi connectivity index (χ0v) is 19.3. The Morgan fingerprint density at radius 1 is 0.970 bits per heavy atom. The Labute approximate surface area is 197 Å². The van der Waals surface area contributed by atoms with Crippen LogP contribution in [-0.2, 0) is 4.79 Å². The maximum Gasteiger partial charge on any atom is 0.282 e. The molecule has 33 heavy (non-hydrogen) atoms. The molecule has 4 rings (SSSR count). The Balaban J connectivity index is 1.81. The normalized spacial score (nSPS) is 14.4. The number of nitrogens with zero attached hydrogens (tertiary/aromatic N) is 2. The third kappa shape index (κ3) is 4.56. The fourth-order valence-electron chi connectivity index (χ4n) is 3.52. The number of halogens is 1. The van der Waals surface area contributed by atoms with Crippen LogP contribution in [0, 0.1) is 0 Å². The lowest BCUT2D eigenvalue weighted by Crippen LogP contribution is -2.32. The summed E-state index contributed by atoms with van der Waals surface area (Å²) >= 11 is 6.47. The molecule has 0 spiro atoms. The summed E-state index contributed by atoms with van der Waals surface area (Å²) in [6.45, 7) is 2.48. The van der Waals surface area contributed by atoms with E-state index in [9.17, 15) is 4.79 Å². The summed E-state index contributed by atoms with van der Waals surface area (Å²) in [7, 11) is 3.15. The smallest absolute Gasteiger partial charge is 0.282 e. The highest BCUT2D eigenvalue weighted by Crippen LogP contribution is 2.33. The van der Waals surface area contributed by atoms with Crippen LogP contribution in [0.4, 0.5) is 5.69 Å². The van der Waals surface area contributed by atoms with Crippen molar-refractivity contribution in [3.63, 3.8) is 0 Å². The SMILES string of the molecule is CCOc1ccc(N2C(=O)/C(=C\c3ccc(OC)cc3OC)N=C2c2ccccc2Cl)cc1. The molecule has 0 atom stereocenters. The van der Waals surface area contributed by atoms with Gasteiger partial charge in [-0.2, -0.15) is 0 Å².